The number of nitrogens with one attached hydrogen (secondary N) is 2. The van der Waals surface area contributed by atoms with Crippen LogP contribution in [0.15, 0.2) is 72.3 Å². The zero-order valence-corrected chi connectivity index (χ0v) is 18.9. The van der Waals surface area contributed by atoms with Gasteiger partial charge in [0.05, 0.1) is 0 Å². The number of nitrogens with zero attached hydrogens (tertiary/aromatic N) is 1. The molecule has 0 atom stereocenters. The Balaban J connectivity index is 1.99. The second-order valence-corrected chi connectivity index (χ2v) is 7.98. The van der Waals surface area contributed by atoms with Crippen LogP contribution >= 0.6 is 11.9 Å². The smallest absolute Gasteiger partial charge is 0.281 e. The normalized spacial score (nSPS) is 10.8. The highest BCUT2D eigenvalue weighted by molar-refractivity contribution is 7.99. The van der Waals surface area contributed by atoms with Crippen LogP contribution in [0.25, 0.3) is 22.0 Å². The fraction of sp³-hybridized carbons (Fsp3) is 0.120. The second kappa shape index (κ2) is 8.80. The number of para-hydroxylation sites is 1. The van der Waals surface area contributed by atoms with Gasteiger partial charge in [0, 0.05) is 40.8 Å². The van der Waals surface area contributed by atoms with Gasteiger partial charge in [-0.3, -0.25) is 9.59 Å². The predicted octanol–water partition coefficient (Wildman–Crippen LogP) is 5.92. The second-order valence-electron chi connectivity index (χ2n) is 7.37. The van der Waals surface area contributed by atoms with Crippen molar-refractivity contribution in [2.45, 2.75) is 13.8 Å². The summed E-state index contributed by atoms with van der Waals surface area (Å²) in [6.45, 7) is 7.52. The van der Waals surface area contributed by atoms with Gasteiger partial charge in [0.25, 0.3) is 11.5 Å². The van der Waals surface area contributed by atoms with Crippen LogP contribution in [-0.2, 0) is 0 Å². The van der Waals surface area contributed by atoms with E-state index in [4.69, 9.17) is 4.74 Å². The van der Waals surface area contributed by atoms with E-state index < -0.39 is 11.5 Å². The zero-order chi connectivity index (χ0) is 22.8. The van der Waals surface area contributed by atoms with E-state index in [1.165, 1.54) is 11.9 Å². The van der Waals surface area contributed by atoms with Gasteiger partial charge in [0.2, 0.25) is 0 Å². The van der Waals surface area contributed by atoms with Crippen molar-refractivity contribution in [1.29, 1.82) is 0 Å². The van der Waals surface area contributed by atoms with Crippen LogP contribution in [0, 0.1) is 13.8 Å². The maximum atomic E-state index is 12.8. The molecule has 4 aromatic rings. The Labute approximate surface area is 190 Å². The van der Waals surface area contributed by atoms with Crippen LogP contribution in [0.2, 0.25) is 0 Å². The molecule has 0 aliphatic carbocycles. The van der Waals surface area contributed by atoms with Gasteiger partial charge in [0.15, 0.2) is 0 Å². The number of allylic oxidation sites excluding steroid dienone is 1. The lowest BCUT2D eigenvalue weighted by atomic mass is 10.0. The van der Waals surface area contributed by atoms with Gasteiger partial charge in [-0.25, -0.2) is 4.57 Å². The summed E-state index contributed by atoms with van der Waals surface area (Å²) < 4.78 is 10.7. The van der Waals surface area contributed by atoms with E-state index in [1.54, 1.807) is 12.4 Å². The Morgan fingerprint density at radius 1 is 1.16 bits per heavy atom. The van der Waals surface area contributed by atoms with Crippen LogP contribution in [0.4, 0.5) is 5.69 Å². The third kappa shape index (κ3) is 3.83. The predicted molar refractivity (Wildman–Crippen MR) is 132 cm³/mol. The van der Waals surface area contributed by atoms with Crippen molar-refractivity contribution in [2.24, 2.45) is 0 Å². The molecule has 32 heavy (non-hydrogen) atoms. The highest BCUT2D eigenvalue weighted by Gasteiger charge is 2.19. The Hall–Kier alpha value is -3.71. The van der Waals surface area contributed by atoms with Gasteiger partial charge in [-0.05, 0) is 55.3 Å². The van der Waals surface area contributed by atoms with E-state index in [0.29, 0.717) is 22.2 Å². The van der Waals surface area contributed by atoms with Crippen molar-refractivity contribution in [3.05, 3.63) is 89.0 Å². The van der Waals surface area contributed by atoms with Crippen molar-refractivity contribution >= 4 is 34.4 Å². The molecule has 0 unspecified atom stereocenters. The molecular formula is C25H23N3O3S. The fourth-order valence-corrected chi connectivity index (χ4v) is 4.07. The number of ether oxygens (including phenoxy) is 1. The number of carbonyl (C=O) groups excluding carboxylic acids is 1. The molecule has 2 heterocycles. The molecule has 0 aliphatic heterocycles. The zero-order valence-electron chi connectivity index (χ0n) is 18.1. The first-order valence-electron chi connectivity index (χ1n) is 10.0. The van der Waals surface area contributed by atoms with Gasteiger partial charge < -0.3 is 14.4 Å². The molecule has 0 aliphatic rings. The minimum absolute atomic E-state index is 0.346. The number of hydrogen-bond acceptors (Lipinski definition) is 5. The number of aromatic nitrogens is 2. The minimum Gasteiger partial charge on any atom is -0.456 e. The van der Waals surface area contributed by atoms with Gasteiger partial charge >= 0.3 is 0 Å². The van der Waals surface area contributed by atoms with Crippen molar-refractivity contribution < 1.29 is 9.53 Å². The Morgan fingerprint density at radius 3 is 2.59 bits per heavy atom. The first kappa shape index (κ1) is 21.5. The van der Waals surface area contributed by atoms with Crippen molar-refractivity contribution in [2.75, 3.05) is 11.0 Å². The van der Waals surface area contributed by atoms with Crippen LogP contribution in [0.3, 0.4) is 0 Å². The van der Waals surface area contributed by atoms with E-state index in [-0.39, 0.29) is 0 Å². The molecule has 0 saturated carbocycles. The lowest BCUT2D eigenvalue weighted by Crippen LogP contribution is -2.25. The molecule has 0 radical (unpaired) electrons. The number of anilines is 1. The topological polar surface area (TPSA) is 76.1 Å². The first-order chi connectivity index (χ1) is 15.4. The molecule has 0 saturated heterocycles. The molecule has 2 aromatic heterocycles. The van der Waals surface area contributed by atoms with Gasteiger partial charge in [-0.15, -0.1) is 0 Å². The van der Waals surface area contributed by atoms with Crippen molar-refractivity contribution in [3.63, 3.8) is 0 Å². The van der Waals surface area contributed by atoms with Crippen LogP contribution in [0.5, 0.6) is 11.5 Å². The van der Waals surface area contributed by atoms with Gasteiger partial charge in [-0.1, -0.05) is 36.7 Å². The number of aryl methyl sites for hydroxylation is 2. The SMILES string of the molecule is C=CC(=O)n1cc(-c2cc(NSC)ccc2Oc2c(C)cccc2C)c2cc[nH]c2c1=O. The lowest BCUT2D eigenvalue weighted by Gasteiger charge is -2.17. The molecule has 2 aromatic carbocycles. The highest BCUT2D eigenvalue weighted by Crippen LogP contribution is 2.40. The molecule has 0 amide bonds. The molecule has 0 fully saturated rings. The molecule has 0 spiro atoms. The Kier molecular flexibility index (Phi) is 5.92. The number of H-pyrrole nitrogens is 1. The van der Waals surface area contributed by atoms with E-state index in [9.17, 15) is 9.59 Å². The number of rotatable bonds is 6. The number of hydrogen-bond donors (Lipinski definition) is 2. The minimum atomic E-state index is -0.497. The summed E-state index contributed by atoms with van der Waals surface area (Å²) in [5.41, 5.74) is 4.27. The fourth-order valence-electron chi connectivity index (χ4n) is 3.71. The highest BCUT2D eigenvalue weighted by atomic mass is 32.2. The van der Waals surface area contributed by atoms with Crippen LogP contribution in [0.1, 0.15) is 15.9 Å². The summed E-state index contributed by atoms with van der Waals surface area (Å²) in [6.07, 6.45) is 6.31. The molecule has 6 nitrogen and oxygen atoms in total. The summed E-state index contributed by atoms with van der Waals surface area (Å²) in [4.78, 5) is 28.2. The maximum absolute atomic E-state index is 12.8. The van der Waals surface area contributed by atoms with Gasteiger partial charge in [-0.2, -0.15) is 0 Å². The maximum Gasteiger partial charge on any atom is 0.281 e. The van der Waals surface area contributed by atoms with Crippen molar-refractivity contribution in [1.82, 2.24) is 9.55 Å². The molecule has 4 rings (SSSR count). The molecule has 2 N–H and O–H groups in total. The number of fused-ring (bicyclic) bond motifs is 1. The largest absolute Gasteiger partial charge is 0.456 e. The van der Waals surface area contributed by atoms with Crippen LogP contribution in [-0.4, -0.2) is 21.7 Å². The quantitative estimate of drug-likeness (QED) is 0.284. The van der Waals surface area contributed by atoms with Crippen molar-refractivity contribution in [3.8, 4) is 22.6 Å². The van der Waals surface area contributed by atoms with Crippen LogP contribution < -0.4 is 15.0 Å². The summed E-state index contributed by atoms with van der Waals surface area (Å²) >= 11 is 1.47. The number of pyridine rings is 1. The summed E-state index contributed by atoms with van der Waals surface area (Å²) in [5.74, 6) is 0.899. The van der Waals surface area contributed by atoms with E-state index in [1.807, 2.05) is 62.6 Å². The third-order valence-corrected chi connectivity index (χ3v) is 5.69. The number of aromatic amines is 1. The monoisotopic (exact) mass is 445 g/mol. The average molecular weight is 446 g/mol. The van der Waals surface area contributed by atoms with E-state index in [0.717, 1.165) is 38.8 Å². The lowest BCUT2D eigenvalue weighted by molar-refractivity contribution is 0.0966. The average Bonchev–Trinajstić information content (AvgIpc) is 3.28. The Morgan fingerprint density at radius 2 is 1.91 bits per heavy atom. The first-order valence-corrected chi connectivity index (χ1v) is 11.2. The van der Waals surface area contributed by atoms with Gasteiger partial charge in [0.1, 0.15) is 17.0 Å². The summed E-state index contributed by atoms with van der Waals surface area (Å²) in [5, 5.41) is 0.704. The standard InChI is InChI=1S/C25H23N3O3S/c1-5-22(29)28-14-20(18-11-12-26-23(18)25(28)30)19-13-17(27-32-4)9-10-21(19)31-24-15(2)7-6-8-16(24)3/h5-14,26-27H,1H2,2-4H3. The molecule has 162 valence electrons. The number of benzene rings is 2. The molecular weight excluding hydrogens is 422 g/mol. The summed E-state index contributed by atoms with van der Waals surface area (Å²) in [6, 6.07) is 13.6. The molecule has 0 bridgehead atoms. The summed E-state index contributed by atoms with van der Waals surface area (Å²) in [7, 11) is 0. The third-order valence-electron chi connectivity index (χ3n) is 5.25. The van der Waals surface area contributed by atoms with E-state index in [2.05, 4.69) is 16.3 Å². The molecule has 7 heteroatoms. The Bertz CT molecular complexity index is 1380. The number of carbonyl (C=O) groups is 1. The van der Waals surface area contributed by atoms with E-state index >= 15 is 0 Å².